The Morgan fingerprint density at radius 2 is 2.15 bits per heavy atom. The minimum Gasteiger partial charge on any atom is -0.439 e. The number of aryl methyl sites for hydroxylation is 1. The molecule has 0 aliphatic carbocycles. The van der Waals surface area contributed by atoms with E-state index in [9.17, 15) is 9.59 Å². The minimum absolute atomic E-state index is 0.0705. The van der Waals surface area contributed by atoms with Crippen molar-refractivity contribution in [1.82, 2.24) is 24.6 Å². The fourth-order valence-electron chi connectivity index (χ4n) is 2.78. The van der Waals surface area contributed by atoms with Crippen LogP contribution in [0.3, 0.4) is 0 Å². The summed E-state index contributed by atoms with van der Waals surface area (Å²) in [4.78, 5) is 27.0. The molecule has 1 aromatic rings. The van der Waals surface area contributed by atoms with Crippen LogP contribution in [0, 0.1) is 0 Å². The predicted octanol–water partition coefficient (Wildman–Crippen LogP) is -0.279. The molecular weight excluding hydrogens is 262 g/mol. The van der Waals surface area contributed by atoms with E-state index in [2.05, 4.69) is 10.2 Å². The molecule has 0 aromatic carbocycles. The lowest BCUT2D eigenvalue weighted by molar-refractivity contribution is -0.131. The van der Waals surface area contributed by atoms with Gasteiger partial charge in [-0.05, 0) is 0 Å². The van der Waals surface area contributed by atoms with Crippen molar-refractivity contribution in [2.45, 2.75) is 25.0 Å². The van der Waals surface area contributed by atoms with E-state index in [1.165, 1.54) is 0 Å². The number of aromatic nitrogens is 3. The summed E-state index contributed by atoms with van der Waals surface area (Å²) in [6, 6.07) is 0. The SMILES string of the molecule is CN1C[C@@]2(CCN(C(=O)CCn3cnnc3)C2)OC1=O. The molecule has 0 saturated carbocycles. The Morgan fingerprint density at radius 3 is 2.80 bits per heavy atom. The Labute approximate surface area is 116 Å². The monoisotopic (exact) mass is 279 g/mol. The van der Waals surface area contributed by atoms with Gasteiger partial charge in [-0.25, -0.2) is 4.79 Å². The molecule has 8 heteroatoms. The average molecular weight is 279 g/mol. The first-order valence-corrected chi connectivity index (χ1v) is 6.62. The van der Waals surface area contributed by atoms with Gasteiger partial charge in [-0.15, -0.1) is 10.2 Å². The van der Waals surface area contributed by atoms with E-state index in [1.54, 1.807) is 34.1 Å². The lowest BCUT2D eigenvalue weighted by atomic mass is 10.0. The zero-order valence-corrected chi connectivity index (χ0v) is 11.4. The fraction of sp³-hybridized carbons (Fsp3) is 0.667. The smallest absolute Gasteiger partial charge is 0.410 e. The number of carbonyl (C=O) groups is 2. The van der Waals surface area contributed by atoms with E-state index in [0.717, 1.165) is 0 Å². The van der Waals surface area contributed by atoms with Gasteiger partial charge in [0.05, 0.1) is 13.1 Å². The molecular formula is C12H17N5O3. The number of likely N-dealkylation sites (N-methyl/N-ethyl adjacent to an activating group) is 1. The zero-order valence-electron chi connectivity index (χ0n) is 11.4. The largest absolute Gasteiger partial charge is 0.439 e. The van der Waals surface area contributed by atoms with E-state index < -0.39 is 5.60 Å². The topological polar surface area (TPSA) is 80.6 Å². The molecule has 1 atom stereocenters. The Kier molecular flexibility index (Phi) is 3.07. The Bertz CT molecular complexity index is 517. The molecule has 1 aromatic heterocycles. The molecule has 20 heavy (non-hydrogen) atoms. The first-order valence-electron chi connectivity index (χ1n) is 6.62. The molecule has 3 heterocycles. The normalized spacial score (nSPS) is 25.6. The van der Waals surface area contributed by atoms with E-state index in [-0.39, 0.29) is 12.0 Å². The van der Waals surface area contributed by atoms with Crippen LogP contribution in [0.25, 0.3) is 0 Å². The van der Waals surface area contributed by atoms with Gasteiger partial charge in [0.2, 0.25) is 5.91 Å². The highest BCUT2D eigenvalue weighted by Crippen LogP contribution is 2.31. The minimum atomic E-state index is -0.502. The summed E-state index contributed by atoms with van der Waals surface area (Å²) in [5.41, 5.74) is -0.502. The number of ether oxygens (including phenoxy) is 1. The molecule has 0 bridgehead atoms. The van der Waals surface area contributed by atoms with Crippen LogP contribution in [-0.2, 0) is 16.1 Å². The molecule has 2 aliphatic heterocycles. The van der Waals surface area contributed by atoms with Gasteiger partial charge in [-0.2, -0.15) is 0 Å². The highest BCUT2D eigenvalue weighted by molar-refractivity contribution is 5.77. The standard InChI is InChI=1S/C12H17N5O3/c1-15-6-12(20-11(15)19)3-5-17(7-12)10(18)2-4-16-8-13-14-9-16/h8-9H,2-7H2,1H3/t12-/m1/s1. The van der Waals surface area contributed by atoms with Gasteiger partial charge in [0.15, 0.2) is 5.60 Å². The van der Waals surface area contributed by atoms with Crippen LogP contribution in [0.5, 0.6) is 0 Å². The van der Waals surface area contributed by atoms with Crippen LogP contribution in [0.15, 0.2) is 12.7 Å². The molecule has 8 nitrogen and oxygen atoms in total. The molecule has 3 rings (SSSR count). The summed E-state index contributed by atoms with van der Waals surface area (Å²) in [7, 11) is 1.72. The first-order chi connectivity index (χ1) is 9.58. The molecule has 2 fully saturated rings. The third kappa shape index (κ3) is 2.33. The number of nitrogens with zero attached hydrogens (tertiary/aromatic N) is 5. The quantitative estimate of drug-likeness (QED) is 0.760. The van der Waals surface area contributed by atoms with Crippen molar-refractivity contribution in [2.24, 2.45) is 0 Å². The van der Waals surface area contributed by atoms with Crippen molar-refractivity contribution in [3.8, 4) is 0 Å². The maximum absolute atomic E-state index is 12.2. The number of hydrogen-bond donors (Lipinski definition) is 0. The van der Waals surface area contributed by atoms with Crippen LogP contribution >= 0.6 is 0 Å². The van der Waals surface area contributed by atoms with Crippen LogP contribution in [-0.4, -0.2) is 68.8 Å². The summed E-state index contributed by atoms with van der Waals surface area (Å²) < 4.78 is 7.19. The molecule has 0 N–H and O–H groups in total. The Morgan fingerprint density at radius 1 is 1.40 bits per heavy atom. The van der Waals surface area contributed by atoms with E-state index in [4.69, 9.17) is 4.74 Å². The Hall–Kier alpha value is -2.12. The maximum atomic E-state index is 12.2. The first kappa shape index (κ1) is 12.9. The summed E-state index contributed by atoms with van der Waals surface area (Å²) in [5.74, 6) is 0.0705. The second kappa shape index (κ2) is 4.77. The van der Waals surface area contributed by atoms with Gasteiger partial charge >= 0.3 is 6.09 Å². The van der Waals surface area contributed by atoms with E-state index >= 15 is 0 Å². The number of carbonyl (C=O) groups excluding carboxylic acids is 2. The third-order valence-electron chi connectivity index (χ3n) is 3.86. The van der Waals surface area contributed by atoms with Gasteiger partial charge in [-0.3, -0.25) is 4.79 Å². The van der Waals surface area contributed by atoms with E-state index in [1.807, 2.05) is 0 Å². The molecule has 108 valence electrons. The molecule has 2 amide bonds. The van der Waals surface area contributed by atoms with Crippen molar-refractivity contribution in [3.63, 3.8) is 0 Å². The lowest BCUT2D eigenvalue weighted by Crippen LogP contribution is -2.39. The summed E-state index contributed by atoms with van der Waals surface area (Å²) in [5, 5.41) is 7.39. The zero-order chi connectivity index (χ0) is 14.2. The van der Waals surface area contributed by atoms with Gasteiger partial charge in [0.1, 0.15) is 12.7 Å². The molecule has 0 unspecified atom stereocenters. The number of amides is 2. The molecule has 2 aliphatic rings. The van der Waals surface area contributed by atoms with Crippen molar-refractivity contribution in [1.29, 1.82) is 0 Å². The summed E-state index contributed by atoms with van der Waals surface area (Å²) in [6.07, 6.45) is 3.99. The predicted molar refractivity (Wildman–Crippen MR) is 67.7 cm³/mol. The maximum Gasteiger partial charge on any atom is 0.410 e. The summed E-state index contributed by atoms with van der Waals surface area (Å²) in [6.45, 7) is 2.25. The third-order valence-corrected chi connectivity index (χ3v) is 3.86. The number of likely N-dealkylation sites (tertiary alicyclic amines) is 1. The van der Waals surface area contributed by atoms with Crippen molar-refractivity contribution in [3.05, 3.63) is 12.7 Å². The fourth-order valence-corrected chi connectivity index (χ4v) is 2.78. The van der Waals surface area contributed by atoms with Crippen LogP contribution < -0.4 is 0 Å². The van der Waals surface area contributed by atoms with E-state index in [0.29, 0.717) is 39.0 Å². The van der Waals surface area contributed by atoms with Crippen molar-refractivity contribution in [2.75, 3.05) is 26.7 Å². The molecule has 1 spiro atoms. The lowest BCUT2D eigenvalue weighted by Gasteiger charge is -2.21. The van der Waals surface area contributed by atoms with Gasteiger partial charge < -0.3 is 19.1 Å². The Balaban J connectivity index is 1.54. The summed E-state index contributed by atoms with van der Waals surface area (Å²) >= 11 is 0. The van der Waals surface area contributed by atoms with Gasteiger partial charge in [0, 0.05) is 33.0 Å². The average Bonchev–Trinajstić information content (AvgIpc) is 3.10. The second-order valence-electron chi connectivity index (χ2n) is 5.42. The second-order valence-corrected chi connectivity index (χ2v) is 5.42. The van der Waals surface area contributed by atoms with Gasteiger partial charge in [0.25, 0.3) is 0 Å². The number of rotatable bonds is 3. The highest BCUT2D eigenvalue weighted by atomic mass is 16.6. The highest BCUT2D eigenvalue weighted by Gasteiger charge is 2.49. The van der Waals surface area contributed by atoms with Crippen LogP contribution in [0.2, 0.25) is 0 Å². The van der Waals surface area contributed by atoms with Crippen LogP contribution in [0.4, 0.5) is 4.79 Å². The van der Waals surface area contributed by atoms with Crippen molar-refractivity contribution >= 4 is 12.0 Å². The van der Waals surface area contributed by atoms with Gasteiger partial charge in [-0.1, -0.05) is 0 Å². The van der Waals surface area contributed by atoms with Crippen molar-refractivity contribution < 1.29 is 14.3 Å². The number of hydrogen-bond acceptors (Lipinski definition) is 5. The molecule has 2 saturated heterocycles. The molecule has 0 radical (unpaired) electrons. The van der Waals surface area contributed by atoms with Crippen LogP contribution in [0.1, 0.15) is 12.8 Å².